The Hall–Kier alpha value is -2.82. The smallest absolute Gasteiger partial charge is 0.338 e. The summed E-state index contributed by atoms with van der Waals surface area (Å²) in [5.74, 6) is -0.259. The van der Waals surface area contributed by atoms with Crippen molar-refractivity contribution in [3.05, 3.63) is 59.2 Å². The molecule has 2 aromatic carbocycles. The van der Waals surface area contributed by atoms with Crippen LogP contribution in [0.3, 0.4) is 0 Å². The topological polar surface area (TPSA) is 64.6 Å². The molecule has 5 nitrogen and oxygen atoms in total. The largest absolute Gasteiger partial charge is 0.497 e. The number of hydrogen-bond donors (Lipinski definition) is 1. The van der Waals surface area contributed by atoms with E-state index in [-0.39, 0.29) is 5.91 Å². The van der Waals surface area contributed by atoms with Gasteiger partial charge in [-0.1, -0.05) is 25.1 Å². The molecule has 0 saturated heterocycles. The van der Waals surface area contributed by atoms with Crippen molar-refractivity contribution in [2.24, 2.45) is 0 Å². The van der Waals surface area contributed by atoms with Crippen LogP contribution in [-0.4, -0.2) is 25.1 Å². The summed E-state index contributed by atoms with van der Waals surface area (Å²) in [6, 6.07) is 12.4. The van der Waals surface area contributed by atoms with E-state index in [9.17, 15) is 9.59 Å². The maximum atomic E-state index is 12.4. The first kappa shape index (κ1) is 18.5. The highest BCUT2D eigenvalue weighted by atomic mass is 16.5. The number of esters is 1. The highest BCUT2D eigenvalue weighted by molar-refractivity contribution is 5.98. The third kappa shape index (κ3) is 4.59. The maximum absolute atomic E-state index is 12.4. The number of amides is 1. The SMILES string of the molecule is CCc1cccc(C)c1NC(=O)[C@H](C)OC(=O)c1ccc(OC)cc1. The molecule has 1 atom stereocenters. The fraction of sp³-hybridized carbons (Fsp3) is 0.300. The number of para-hydroxylation sites is 1. The standard InChI is InChI=1S/C20H23NO4/c1-5-15-8-6-7-13(2)18(15)21-19(22)14(3)25-20(23)16-9-11-17(24-4)12-10-16/h6-12,14H,5H2,1-4H3,(H,21,22)/t14-/m0/s1. The lowest BCUT2D eigenvalue weighted by atomic mass is 10.1. The highest BCUT2D eigenvalue weighted by Crippen LogP contribution is 2.21. The van der Waals surface area contributed by atoms with Gasteiger partial charge in [0, 0.05) is 5.69 Å². The number of ether oxygens (including phenoxy) is 2. The van der Waals surface area contributed by atoms with Crippen LogP contribution in [-0.2, 0) is 16.0 Å². The van der Waals surface area contributed by atoms with Crippen molar-refractivity contribution in [3.8, 4) is 5.75 Å². The van der Waals surface area contributed by atoms with Gasteiger partial charge >= 0.3 is 5.97 Å². The van der Waals surface area contributed by atoms with Crippen LogP contribution in [0.15, 0.2) is 42.5 Å². The maximum Gasteiger partial charge on any atom is 0.338 e. The first-order chi connectivity index (χ1) is 12.0. The molecule has 0 saturated carbocycles. The average Bonchev–Trinajstić information content (AvgIpc) is 2.63. The van der Waals surface area contributed by atoms with Crippen LogP contribution >= 0.6 is 0 Å². The second kappa shape index (κ2) is 8.33. The van der Waals surface area contributed by atoms with Crippen molar-refractivity contribution in [1.82, 2.24) is 0 Å². The minimum Gasteiger partial charge on any atom is -0.497 e. The van der Waals surface area contributed by atoms with Crippen LogP contribution in [0.1, 0.15) is 35.3 Å². The molecule has 0 heterocycles. The molecule has 0 fully saturated rings. The van der Waals surface area contributed by atoms with Gasteiger partial charge in [0.15, 0.2) is 6.10 Å². The van der Waals surface area contributed by atoms with Crippen LogP contribution in [0.5, 0.6) is 5.75 Å². The van der Waals surface area contributed by atoms with Gasteiger partial charge in [0.1, 0.15) is 5.75 Å². The summed E-state index contributed by atoms with van der Waals surface area (Å²) in [5.41, 5.74) is 3.16. The lowest BCUT2D eigenvalue weighted by Crippen LogP contribution is -2.30. The van der Waals surface area contributed by atoms with Crippen LogP contribution in [0.25, 0.3) is 0 Å². The number of nitrogens with one attached hydrogen (secondary N) is 1. The first-order valence-electron chi connectivity index (χ1n) is 8.20. The molecule has 0 radical (unpaired) electrons. The van der Waals surface area contributed by atoms with Gasteiger partial charge in [-0.15, -0.1) is 0 Å². The molecule has 1 N–H and O–H groups in total. The van der Waals surface area contributed by atoms with Gasteiger partial charge in [-0.25, -0.2) is 4.79 Å². The van der Waals surface area contributed by atoms with Gasteiger partial charge in [-0.3, -0.25) is 4.79 Å². The fourth-order valence-electron chi connectivity index (χ4n) is 2.44. The van der Waals surface area contributed by atoms with E-state index in [4.69, 9.17) is 9.47 Å². The number of carbonyl (C=O) groups is 2. The Morgan fingerprint density at radius 2 is 1.80 bits per heavy atom. The second-order valence-electron chi connectivity index (χ2n) is 5.73. The first-order valence-corrected chi connectivity index (χ1v) is 8.20. The molecule has 2 aromatic rings. The van der Waals surface area contributed by atoms with Gasteiger partial charge in [0.25, 0.3) is 5.91 Å². The highest BCUT2D eigenvalue weighted by Gasteiger charge is 2.20. The van der Waals surface area contributed by atoms with Crippen LogP contribution in [0, 0.1) is 6.92 Å². The van der Waals surface area contributed by atoms with E-state index in [0.29, 0.717) is 11.3 Å². The Bertz CT molecular complexity index is 753. The minimum absolute atomic E-state index is 0.356. The molecule has 2 rings (SSSR count). The Balaban J connectivity index is 2.03. The van der Waals surface area contributed by atoms with Crippen molar-refractivity contribution in [2.45, 2.75) is 33.3 Å². The molecule has 0 spiro atoms. The zero-order valence-corrected chi connectivity index (χ0v) is 15.0. The number of carbonyl (C=O) groups excluding carboxylic acids is 2. The van der Waals surface area contributed by atoms with E-state index in [1.54, 1.807) is 38.3 Å². The summed E-state index contributed by atoms with van der Waals surface area (Å²) >= 11 is 0. The second-order valence-corrected chi connectivity index (χ2v) is 5.73. The Morgan fingerprint density at radius 3 is 2.40 bits per heavy atom. The minimum atomic E-state index is -0.904. The monoisotopic (exact) mass is 341 g/mol. The average molecular weight is 341 g/mol. The number of hydrogen-bond acceptors (Lipinski definition) is 4. The van der Waals surface area contributed by atoms with E-state index in [1.165, 1.54) is 0 Å². The third-order valence-electron chi connectivity index (χ3n) is 3.97. The molecule has 5 heteroatoms. The van der Waals surface area contributed by atoms with Gasteiger partial charge < -0.3 is 14.8 Å². The molecule has 0 aromatic heterocycles. The van der Waals surface area contributed by atoms with Crippen molar-refractivity contribution in [2.75, 3.05) is 12.4 Å². The van der Waals surface area contributed by atoms with Crippen molar-refractivity contribution in [1.29, 1.82) is 0 Å². The zero-order valence-electron chi connectivity index (χ0n) is 15.0. The lowest BCUT2D eigenvalue weighted by Gasteiger charge is -2.17. The normalized spacial score (nSPS) is 11.5. The quantitative estimate of drug-likeness (QED) is 0.813. The number of aryl methyl sites for hydroxylation is 2. The molecule has 0 aliphatic heterocycles. The number of rotatable bonds is 6. The summed E-state index contributed by atoms with van der Waals surface area (Å²) in [5, 5.41) is 2.87. The molecule has 0 bridgehead atoms. The summed E-state index contributed by atoms with van der Waals surface area (Å²) in [6.45, 7) is 5.51. The van der Waals surface area contributed by atoms with Crippen molar-refractivity contribution >= 4 is 17.6 Å². The number of anilines is 1. The van der Waals surface area contributed by atoms with E-state index in [0.717, 1.165) is 23.2 Å². The van der Waals surface area contributed by atoms with E-state index >= 15 is 0 Å². The summed E-state index contributed by atoms with van der Waals surface area (Å²) < 4.78 is 10.3. The summed E-state index contributed by atoms with van der Waals surface area (Å²) in [4.78, 5) is 24.6. The van der Waals surface area contributed by atoms with E-state index < -0.39 is 12.1 Å². The summed E-state index contributed by atoms with van der Waals surface area (Å²) in [7, 11) is 1.55. The Morgan fingerprint density at radius 1 is 1.12 bits per heavy atom. The molecular formula is C20H23NO4. The predicted molar refractivity (Wildman–Crippen MR) is 97.1 cm³/mol. The molecule has 0 aliphatic carbocycles. The number of methoxy groups -OCH3 is 1. The van der Waals surface area contributed by atoms with Crippen LogP contribution in [0.2, 0.25) is 0 Å². The van der Waals surface area contributed by atoms with Crippen molar-refractivity contribution < 1.29 is 19.1 Å². The fourth-order valence-corrected chi connectivity index (χ4v) is 2.44. The van der Waals surface area contributed by atoms with Gasteiger partial charge in [-0.2, -0.15) is 0 Å². The summed E-state index contributed by atoms with van der Waals surface area (Å²) in [6.07, 6.45) is -0.101. The predicted octanol–water partition coefficient (Wildman–Crippen LogP) is 3.75. The third-order valence-corrected chi connectivity index (χ3v) is 3.97. The van der Waals surface area contributed by atoms with Crippen molar-refractivity contribution in [3.63, 3.8) is 0 Å². The lowest BCUT2D eigenvalue weighted by molar-refractivity contribution is -0.123. The number of benzene rings is 2. The Labute approximate surface area is 148 Å². The Kier molecular flexibility index (Phi) is 6.17. The molecule has 25 heavy (non-hydrogen) atoms. The molecular weight excluding hydrogens is 318 g/mol. The molecule has 1 amide bonds. The zero-order chi connectivity index (χ0) is 18.4. The van der Waals surface area contributed by atoms with Crippen LogP contribution in [0.4, 0.5) is 5.69 Å². The molecule has 0 aliphatic rings. The molecule has 0 unspecified atom stereocenters. The molecule has 132 valence electrons. The van der Waals surface area contributed by atoms with E-state index in [2.05, 4.69) is 5.32 Å². The van der Waals surface area contributed by atoms with Gasteiger partial charge in [0.05, 0.1) is 12.7 Å². The van der Waals surface area contributed by atoms with E-state index in [1.807, 2.05) is 32.0 Å². The van der Waals surface area contributed by atoms with Gasteiger partial charge in [0.2, 0.25) is 0 Å². The van der Waals surface area contributed by atoms with Crippen LogP contribution < -0.4 is 10.1 Å². The van der Waals surface area contributed by atoms with Gasteiger partial charge in [-0.05, 0) is 55.7 Å².